The molecule has 0 bridgehead atoms. The summed E-state index contributed by atoms with van der Waals surface area (Å²) < 4.78 is 15.4. The molecule has 0 N–H and O–H groups in total. The lowest BCUT2D eigenvalue weighted by Crippen LogP contribution is -2.40. The second-order valence-electron chi connectivity index (χ2n) is 9.60. The molecule has 3 heterocycles. The summed E-state index contributed by atoms with van der Waals surface area (Å²) >= 11 is 1.32. The number of nitrogens with zero attached hydrogens (tertiary/aromatic N) is 3. The molecule has 0 saturated carbocycles. The summed E-state index contributed by atoms with van der Waals surface area (Å²) in [5, 5.41) is 1.07. The summed E-state index contributed by atoms with van der Waals surface area (Å²) in [7, 11) is 1.59. The zero-order valence-corrected chi connectivity index (χ0v) is 23.9. The Morgan fingerprint density at radius 3 is 2.56 bits per heavy atom. The molecule has 6 rings (SSSR count). The fourth-order valence-corrected chi connectivity index (χ4v) is 6.35. The molecule has 0 amide bonds. The van der Waals surface area contributed by atoms with Crippen molar-refractivity contribution in [2.24, 2.45) is 4.99 Å². The Balaban J connectivity index is 1.66. The number of methoxy groups -OCH3 is 1. The smallest absolute Gasteiger partial charge is 0.338 e. The van der Waals surface area contributed by atoms with Crippen LogP contribution in [0.25, 0.3) is 22.7 Å². The van der Waals surface area contributed by atoms with E-state index in [2.05, 4.69) is 29.8 Å². The van der Waals surface area contributed by atoms with E-state index in [4.69, 9.17) is 14.5 Å². The summed E-state index contributed by atoms with van der Waals surface area (Å²) in [6.07, 6.45) is 4.00. The Bertz CT molecular complexity index is 1980. The Kier molecular flexibility index (Phi) is 7.15. The number of thiazole rings is 1. The predicted octanol–water partition coefficient (Wildman–Crippen LogP) is 4.92. The number of ether oxygens (including phenoxy) is 2. The van der Waals surface area contributed by atoms with Crippen LogP contribution < -0.4 is 19.6 Å². The second-order valence-corrected chi connectivity index (χ2v) is 10.6. The van der Waals surface area contributed by atoms with Gasteiger partial charge in [0, 0.05) is 34.8 Å². The van der Waals surface area contributed by atoms with Crippen LogP contribution in [0.15, 0.2) is 100 Å². The topological polar surface area (TPSA) is 74.8 Å². The lowest BCUT2D eigenvalue weighted by molar-refractivity contribution is -0.138. The highest BCUT2D eigenvalue weighted by molar-refractivity contribution is 7.07. The molecular formula is C33H29N3O4S. The Morgan fingerprint density at radius 1 is 1.02 bits per heavy atom. The number of esters is 1. The maximum Gasteiger partial charge on any atom is 0.338 e. The van der Waals surface area contributed by atoms with E-state index in [1.54, 1.807) is 18.6 Å². The molecule has 7 nitrogen and oxygen atoms in total. The van der Waals surface area contributed by atoms with Gasteiger partial charge in [-0.25, -0.2) is 9.79 Å². The first-order chi connectivity index (χ1) is 20.0. The van der Waals surface area contributed by atoms with Gasteiger partial charge in [-0.2, -0.15) is 0 Å². The lowest BCUT2D eigenvalue weighted by Gasteiger charge is -2.26. The van der Waals surface area contributed by atoms with Crippen LogP contribution in [0.2, 0.25) is 0 Å². The van der Waals surface area contributed by atoms with Crippen LogP contribution in [0, 0.1) is 0 Å². The molecule has 1 aliphatic heterocycles. The van der Waals surface area contributed by atoms with Gasteiger partial charge in [-0.1, -0.05) is 72.0 Å². The third kappa shape index (κ3) is 4.70. The number of para-hydroxylation sites is 1. The zero-order valence-electron chi connectivity index (χ0n) is 23.0. The molecule has 0 radical (unpaired) electrons. The highest BCUT2D eigenvalue weighted by atomic mass is 32.1. The van der Waals surface area contributed by atoms with Crippen LogP contribution in [0.4, 0.5) is 0 Å². The monoisotopic (exact) mass is 563 g/mol. The average Bonchev–Trinajstić information content (AvgIpc) is 3.53. The van der Waals surface area contributed by atoms with Crippen LogP contribution in [-0.4, -0.2) is 28.8 Å². The van der Waals surface area contributed by atoms with Crippen LogP contribution in [0.1, 0.15) is 36.6 Å². The Morgan fingerprint density at radius 2 is 1.80 bits per heavy atom. The van der Waals surface area contributed by atoms with Crippen molar-refractivity contribution >= 4 is 40.0 Å². The summed E-state index contributed by atoms with van der Waals surface area (Å²) in [5.74, 6) is 0.113. The van der Waals surface area contributed by atoms with Gasteiger partial charge in [0.05, 0.1) is 35.6 Å². The summed E-state index contributed by atoms with van der Waals surface area (Å²) in [6.45, 7) is 4.87. The van der Waals surface area contributed by atoms with E-state index in [-0.39, 0.29) is 12.2 Å². The largest absolute Gasteiger partial charge is 0.497 e. The zero-order chi connectivity index (χ0) is 28.5. The molecule has 3 aromatic carbocycles. The molecular weight excluding hydrogens is 534 g/mol. The van der Waals surface area contributed by atoms with Crippen molar-refractivity contribution in [1.29, 1.82) is 0 Å². The fraction of sp³-hybridized carbons (Fsp3) is 0.182. The minimum absolute atomic E-state index is 0.196. The quantitative estimate of drug-likeness (QED) is 0.264. The van der Waals surface area contributed by atoms with Gasteiger partial charge in [0.15, 0.2) is 4.80 Å². The number of aryl methyl sites for hydroxylation is 1. The molecule has 0 spiro atoms. The maximum absolute atomic E-state index is 14.2. The number of rotatable bonds is 7. The number of hydrogen-bond donors (Lipinski definition) is 0. The van der Waals surface area contributed by atoms with Gasteiger partial charge >= 0.3 is 5.97 Å². The number of hydrogen-bond acceptors (Lipinski definition) is 6. The summed E-state index contributed by atoms with van der Waals surface area (Å²) in [5.41, 5.74) is 4.15. The number of benzene rings is 3. The first-order valence-electron chi connectivity index (χ1n) is 13.5. The highest BCUT2D eigenvalue weighted by Gasteiger charge is 2.35. The van der Waals surface area contributed by atoms with E-state index in [0.29, 0.717) is 26.4 Å². The van der Waals surface area contributed by atoms with E-state index in [1.165, 1.54) is 11.3 Å². The molecule has 0 aliphatic carbocycles. The molecule has 0 fully saturated rings. The Labute approximate surface area is 240 Å². The van der Waals surface area contributed by atoms with Gasteiger partial charge in [0.1, 0.15) is 5.75 Å². The van der Waals surface area contributed by atoms with Crippen molar-refractivity contribution in [2.75, 3.05) is 13.7 Å². The molecule has 0 unspecified atom stereocenters. The van der Waals surface area contributed by atoms with Gasteiger partial charge < -0.3 is 14.0 Å². The van der Waals surface area contributed by atoms with Gasteiger partial charge in [0.2, 0.25) is 0 Å². The van der Waals surface area contributed by atoms with Crippen molar-refractivity contribution in [3.05, 3.63) is 127 Å². The minimum Gasteiger partial charge on any atom is -0.497 e. The SMILES string of the molecule is CCOC(=O)C1=C(c2ccccc2)N=c2s/c(=C/c3cn(CC)c4ccccc34)c(=O)n2[C@H]1c1cccc(OC)c1. The van der Waals surface area contributed by atoms with Crippen LogP contribution in [0.5, 0.6) is 5.75 Å². The van der Waals surface area contributed by atoms with Crippen molar-refractivity contribution in [3.8, 4) is 5.75 Å². The van der Waals surface area contributed by atoms with Gasteiger partial charge in [0.25, 0.3) is 5.56 Å². The third-order valence-electron chi connectivity index (χ3n) is 7.23. The minimum atomic E-state index is -0.755. The summed E-state index contributed by atoms with van der Waals surface area (Å²) in [6, 6.07) is 24.4. The fourth-order valence-electron chi connectivity index (χ4n) is 5.36. The second kappa shape index (κ2) is 11.1. The van der Waals surface area contributed by atoms with E-state index >= 15 is 0 Å². The summed E-state index contributed by atoms with van der Waals surface area (Å²) in [4.78, 5) is 33.3. The maximum atomic E-state index is 14.2. The molecule has 206 valence electrons. The molecule has 1 atom stereocenters. The first kappa shape index (κ1) is 26.5. The molecule has 8 heteroatoms. The number of fused-ring (bicyclic) bond motifs is 2. The van der Waals surface area contributed by atoms with Crippen LogP contribution >= 0.6 is 11.3 Å². The van der Waals surface area contributed by atoms with E-state index < -0.39 is 12.0 Å². The standard InChI is InChI=1S/C33H29N3O4S/c1-4-35-20-23(25-16-9-10-17-26(25)35)19-27-31(37)36-30(22-14-11-15-24(18-22)39-3)28(32(38)40-5-2)29(34-33(36)41-27)21-12-7-6-8-13-21/h6-20,30H,4-5H2,1-3H3/b27-19+/t30-/m0/s1. The lowest BCUT2D eigenvalue weighted by atomic mass is 9.93. The van der Waals surface area contributed by atoms with E-state index in [0.717, 1.165) is 34.1 Å². The highest BCUT2D eigenvalue weighted by Crippen LogP contribution is 2.36. The van der Waals surface area contributed by atoms with Crippen molar-refractivity contribution < 1.29 is 14.3 Å². The van der Waals surface area contributed by atoms with Gasteiger partial charge in [-0.05, 0) is 43.7 Å². The predicted molar refractivity (Wildman–Crippen MR) is 162 cm³/mol. The number of aromatic nitrogens is 2. The van der Waals surface area contributed by atoms with Gasteiger partial charge in [-0.3, -0.25) is 9.36 Å². The van der Waals surface area contributed by atoms with E-state index in [1.807, 2.05) is 72.8 Å². The molecule has 1 aliphatic rings. The number of carbonyl (C=O) groups is 1. The van der Waals surface area contributed by atoms with Crippen molar-refractivity contribution in [1.82, 2.24) is 9.13 Å². The van der Waals surface area contributed by atoms with Crippen LogP contribution in [-0.2, 0) is 16.1 Å². The van der Waals surface area contributed by atoms with Crippen LogP contribution in [0.3, 0.4) is 0 Å². The molecule has 0 saturated heterocycles. The van der Waals surface area contributed by atoms with Gasteiger partial charge in [-0.15, -0.1) is 0 Å². The molecule has 41 heavy (non-hydrogen) atoms. The normalized spacial score (nSPS) is 15.1. The molecule has 5 aromatic rings. The van der Waals surface area contributed by atoms with Crippen molar-refractivity contribution in [2.45, 2.75) is 26.4 Å². The average molecular weight is 564 g/mol. The molecule has 2 aromatic heterocycles. The number of carbonyl (C=O) groups excluding carboxylic acids is 1. The third-order valence-corrected chi connectivity index (χ3v) is 8.21. The Hall–Kier alpha value is -4.69. The van der Waals surface area contributed by atoms with E-state index in [9.17, 15) is 9.59 Å². The first-order valence-corrected chi connectivity index (χ1v) is 14.4. The van der Waals surface area contributed by atoms with Crippen molar-refractivity contribution in [3.63, 3.8) is 0 Å².